The fourth-order valence-electron chi connectivity index (χ4n) is 8.97. The highest BCUT2D eigenvalue weighted by molar-refractivity contribution is 6.01. The van der Waals surface area contributed by atoms with Crippen LogP contribution in [0.3, 0.4) is 0 Å². The zero-order chi connectivity index (χ0) is 37.2. The summed E-state index contributed by atoms with van der Waals surface area (Å²) in [4.78, 5) is 56.0. The molecule has 1 atom stereocenters. The molecule has 1 unspecified atom stereocenters. The Balaban J connectivity index is 0.800. The normalized spacial score (nSPS) is 20.8. The second kappa shape index (κ2) is 15.9. The van der Waals surface area contributed by atoms with Crippen molar-refractivity contribution < 1.29 is 14.4 Å². The zero-order valence-corrected chi connectivity index (χ0v) is 31.7. The number of hydrogen-bond donors (Lipinski definition) is 2. The molecule has 0 bridgehead atoms. The van der Waals surface area contributed by atoms with Crippen LogP contribution in [0.15, 0.2) is 60.8 Å². The number of anilines is 3. The van der Waals surface area contributed by atoms with Crippen molar-refractivity contribution in [2.24, 2.45) is 0 Å². The number of amides is 3. The SMILES string of the molecule is CN(C)C(=O)c1cc2cnc(Nc3ccc(CCN4CCC(N5CCN(c6cccc(C7CCC(=O)NC7=O)c6)CC5)CC4)cc3)nc2n1C1CCCC1. The van der Waals surface area contributed by atoms with E-state index in [4.69, 9.17) is 4.98 Å². The quantitative estimate of drug-likeness (QED) is 0.209. The van der Waals surface area contributed by atoms with Gasteiger partial charge in [-0.1, -0.05) is 37.1 Å². The van der Waals surface area contributed by atoms with E-state index in [1.54, 1.807) is 19.0 Å². The molecule has 3 aliphatic heterocycles. The van der Waals surface area contributed by atoms with Crippen LogP contribution in [0.5, 0.6) is 0 Å². The van der Waals surface area contributed by atoms with Crippen LogP contribution in [0, 0.1) is 0 Å². The Morgan fingerprint density at radius 1 is 0.889 bits per heavy atom. The lowest BCUT2D eigenvalue weighted by molar-refractivity contribution is -0.134. The van der Waals surface area contributed by atoms with Gasteiger partial charge in [-0.15, -0.1) is 0 Å². The van der Waals surface area contributed by atoms with Gasteiger partial charge in [-0.2, -0.15) is 4.98 Å². The molecule has 0 radical (unpaired) electrons. The number of carbonyl (C=O) groups is 3. The van der Waals surface area contributed by atoms with Gasteiger partial charge in [-0.05, 0) is 93.1 Å². The third-order valence-electron chi connectivity index (χ3n) is 12.1. The number of nitrogens with one attached hydrogen (secondary N) is 2. The summed E-state index contributed by atoms with van der Waals surface area (Å²) in [5.41, 5.74) is 5.95. The Labute approximate surface area is 317 Å². The second-order valence-electron chi connectivity index (χ2n) is 15.8. The van der Waals surface area contributed by atoms with Crippen molar-refractivity contribution in [3.05, 3.63) is 77.6 Å². The van der Waals surface area contributed by atoms with Crippen LogP contribution in [-0.4, -0.2) is 113 Å². The average molecular weight is 732 g/mol. The molecule has 284 valence electrons. The highest BCUT2D eigenvalue weighted by atomic mass is 16.2. The summed E-state index contributed by atoms with van der Waals surface area (Å²) in [6, 6.07) is 19.8. The molecule has 4 aromatic rings. The number of piperidine rings is 2. The van der Waals surface area contributed by atoms with E-state index in [2.05, 4.69) is 71.3 Å². The highest BCUT2D eigenvalue weighted by Crippen LogP contribution is 2.35. The van der Waals surface area contributed by atoms with Gasteiger partial charge in [0.1, 0.15) is 11.3 Å². The van der Waals surface area contributed by atoms with Crippen LogP contribution < -0.4 is 15.5 Å². The van der Waals surface area contributed by atoms with Crippen LogP contribution in [0.2, 0.25) is 0 Å². The number of likely N-dealkylation sites (tertiary alicyclic amines) is 1. The number of piperazine rings is 1. The molecule has 2 aromatic heterocycles. The lowest BCUT2D eigenvalue weighted by Crippen LogP contribution is -2.53. The predicted octanol–water partition coefficient (Wildman–Crippen LogP) is 5.34. The minimum Gasteiger partial charge on any atom is -0.369 e. The number of imide groups is 1. The number of carbonyl (C=O) groups excluding carboxylic acids is 3. The maximum Gasteiger partial charge on any atom is 0.270 e. The molecule has 4 aliphatic rings. The summed E-state index contributed by atoms with van der Waals surface area (Å²) in [7, 11) is 3.59. The lowest BCUT2D eigenvalue weighted by atomic mass is 9.90. The molecule has 2 N–H and O–H groups in total. The van der Waals surface area contributed by atoms with Gasteiger partial charge >= 0.3 is 0 Å². The van der Waals surface area contributed by atoms with Gasteiger partial charge in [-0.3, -0.25) is 24.6 Å². The Bertz CT molecular complexity index is 1970. The molecular formula is C42H53N9O3. The van der Waals surface area contributed by atoms with Crippen LogP contribution in [0.4, 0.5) is 17.3 Å². The van der Waals surface area contributed by atoms with Gasteiger partial charge in [0, 0.05) is 88.3 Å². The highest BCUT2D eigenvalue weighted by Gasteiger charge is 2.31. The van der Waals surface area contributed by atoms with Crippen molar-refractivity contribution in [3.63, 3.8) is 0 Å². The van der Waals surface area contributed by atoms with Crippen molar-refractivity contribution in [1.29, 1.82) is 0 Å². The van der Waals surface area contributed by atoms with Crippen molar-refractivity contribution in [2.75, 3.05) is 70.1 Å². The molecule has 12 heteroatoms. The summed E-state index contributed by atoms with van der Waals surface area (Å²) in [6.07, 6.45) is 10.7. The predicted molar refractivity (Wildman–Crippen MR) is 211 cm³/mol. The molecule has 1 saturated carbocycles. The smallest absolute Gasteiger partial charge is 0.270 e. The largest absolute Gasteiger partial charge is 0.369 e. The number of aromatic nitrogens is 3. The van der Waals surface area contributed by atoms with E-state index in [-0.39, 0.29) is 29.7 Å². The standard InChI is InChI=1S/C42H53N9O3/c1-47(2)41(54)37-27-31-28-43-42(46-39(31)51(37)34-7-3-4-8-34)44-32-12-10-29(11-13-32)16-19-48-20-17-33(18-21-48)49-22-24-50(25-23-49)35-9-5-6-30(26-35)36-14-15-38(52)45-40(36)53/h5-6,9-13,26-28,33-34,36H,3-4,7-8,14-25H2,1-2H3,(H,43,44,46)(H,45,52,53). The number of benzene rings is 2. The number of nitrogens with zero attached hydrogens (tertiary/aromatic N) is 7. The summed E-state index contributed by atoms with van der Waals surface area (Å²) in [6.45, 7) is 7.39. The maximum atomic E-state index is 13.1. The molecule has 54 heavy (non-hydrogen) atoms. The number of rotatable bonds is 10. The average Bonchev–Trinajstić information content (AvgIpc) is 3.86. The van der Waals surface area contributed by atoms with E-state index < -0.39 is 0 Å². The zero-order valence-electron chi connectivity index (χ0n) is 31.7. The van der Waals surface area contributed by atoms with E-state index in [1.807, 2.05) is 24.4 Å². The minimum atomic E-state index is -0.246. The van der Waals surface area contributed by atoms with E-state index in [9.17, 15) is 14.4 Å². The van der Waals surface area contributed by atoms with Gasteiger partial charge in [-0.25, -0.2) is 4.98 Å². The summed E-state index contributed by atoms with van der Waals surface area (Å²) in [5, 5.41) is 6.79. The molecule has 3 amide bonds. The van der Waals surface area contributed by atoms with Gasteiger partial charge in [0.2, 0.25) is 17.8 Å². The monoisotopic (exact) mass is 731 g/mol. The first-order chi connectivity index (χ1) is 26.3. The Kier molecular flexibility index (Phi) is 10.6. The van der Waals surface area contributed by atoms with Crippen LogP contribution in [0.25, 0.3) is 11.0 Å². The molecular weight excluding hydrogens is 679 g/mol. The number of fused-ring (bicyclic) bond motifs is 1. The van der Waals surface area contributed by atoms with E-state index in [0.717, 1.165) is 87.4 Å². The maximum absolute atomic E-state index is 13.1. The molecule has 4 fully saturated rings. The molecule has 8 rings (SSSR count). The second-order valence-corrected chi connectivity index (χ2v) is 15.8. The topological polar surface area (TPSA) is 119 Å². The van der Waals surface area contributed by atoms with Crippen LogP contribution in [0.1, 0.15) is 84.9 Å². The van der Waals surface area contributed by atoms with Crippen molar-refractivity contribution in [3.8, 4) is 0 Å². The molecule has 12 nitrogen and oxygen atoms in total. The first kappa shape index (κ1) is 36.2. The first-order valence-corrected chi connectivity index (χ1v) is 19.9. The van der Waals surface area contributed by atoms with Crippen LogP contribution >= 0.6 is 0 Å². The van der Waals surface area contributed by atoms with Gasteiger partial charge in [0.25, 0.3) is 5.91 Å². The Morgan fingerprint density at radius 3 is 2.37 bits per heavy atom. The van der Waals surface area contributed by atoms with E-state index in [0.29, 0.717) is 30.5 Å². The van der Waals surface area contributed by atoms with E-state index >= 15 is 0 Å². The van der Waals surface area contributed by atoms with Crippen LogP contribution in [-0.2, 0) is 16.0 Å². The molecule has 5 heterocycles. The fourth-order valence-corrected chi connectivity index (χ4v) is 8.97. The molecule has 2 aromatic carbocycles. The lowest BCUT2D eigenvalue weighted by Gasteiger charge is -2.43. The van der Waals surface area contributed by atoms with Gasteiger partial charge in [0.15, 0.2) is 0 Å². The van der Waals surface area contributed by atoms with Gasteiger partial charge < -0.3 is 24.6 Å². The summed E-state index contributed by atoms with van der Waals surface area (Å²) in [5.74, 6) is -0.0511. The molecule has 3 saturated heterocycles. The summed E-state index contributed by atoms with van der Waals surface area (Å²) < 4.78 is 2.15. The van der Waals surface area contributed by atoms with Crippen molar-refractivity contribution in [1.82, 2.24) is 34.6 Å². The van der Waals surface area contributed by atoms with Crippen molar-refractivity contribution >= 4 is 46.1 Å². The third kappa shape index (κ3) is 7.86. The minimum absolute atomic E-state index is 0.00214. The van der Waals surface area contributed by atoms with Gasteiger partial charge in [0.05, 0.1) is 5.92 Å². The van der Waals surface area contributed by atoms with E-state index in [1.165, 1.54) is 36.9 Å². The number of hydrogen-bond acceptors (Lipinski definition) is 9. The fraction of sp³-hybridized carbons (Fsp3) is 0.500. The third-order valence-corrected chi connectivity index (χ3v) is 12.1. The first-order valence-electron chi connectivity index (χ1n) is 19.9. The summed E-state index contributed by atoms with van der Waals surface area (Å²) >= 11 is 0. The Hall–Kier alpha value is -4.81. The molecule has 0 spiro atoms. The van der Waals surface area contributed by atoms with Crippen molar-refractivity contribution in [2.45, 2.75) is 75.8 Å². The Morgan fingerprint density at radius 2 is 1.65 bits per heavy atom. The molecule has 1 aliphatic carbocycles.